The first-order valence-electron chi connectivity index (χ1n) is 3.53. The van der Waals surface area contributed by atoms with Gasteiger partial charge in [-0.15, -0.1) is 0 Å². The van der Waals surface area contributed by atoms with Gasteiger partial charge in [-0.05, 0) is 7.05 Å². The van der Waals surface area contributed by atoms with Crippen molar-refractivity contribution in [1.82, 2.24) is 4.90 Å². The Labute approximate surface area is 70.3 Å². The zero-order chi connectivity index (χ0) is 9.56. The Hall–Kier alpha value is -0.550. The molecule has 3 nitrogen and oxygen atoms in total. The van der Waals surface area contributed by atoms with Gasteiger partial charge in [-0.2, -0.15) is 0 Å². The Balaban J connectivity index is 3.54. The number of nitrogens with zero attached hydrogens (tertiary/aromatic N) is 1. The first-order valence-corrected chi connectivity index (χ1v) is 3.53. The molecule has 0 aromatic rings. The number of carbonyl (C=O) groups excluding carboxylic acids is 1. The maximum Gasteiger partial charge on any atom is 0.251 e. The molecule has 12 heavy (non-hydrogen) atoms. The maximum atomic E-state index is 11.7. The minimum absolute atomic E-state index is 0.0121. The quantitative estimate of drug-likeness (QED) is 0.594. The van der Waals surface area contributed by atoms with Gasteiger partial charge >= 0.3 is 0 Å². The number of carbonyl (C=O) groups is 1. The van der Waals surface area contributed by atoms with Crippen LogP contribution in [0.1, 0.15) is 0 Å². The number of methoxy groups -OCH3 is 1. The Bertz CT molecular complexity index is 141. The van der Waals surface area contributed by atoms with Crippen molar-refractivity contribution >= 4 is 5.78 Å². The number of halogens is 2. The highest BCUT2D eigenvalue weighted by Gasteiger charge is 2.10. The Morgan fingerprint density at radius 2 is 2.17 bits per heavy atom. The molecule has 0 N–H and O–H groups in total. The van der Waals surface area contributed by atoms with Gasteiger partial charge in [-0.3, -0.25) is 9.69 Å². The van der Waals surface area contributed by atoms with Gasteiger partial charge in [0.2, 0.25) is 0 Å². The van der Waals surface area contributed by atoms with E-state index < -0.39 is 6.43 Å². The minimum Gasteiger partial charge on any atom is -0.377 e. The van der Waals surface area contributed by atoms with Crippen LogP contribution in [0.15, 0.2) is 0 Å². The second-order valence-electron chi connectivity index (χ2n) is 2.56. The third-order valence-electron chi connectivity index (χ3n) is 1.20. The highest BCUT2D eigenvalue weighted by molar-refractivity contribution is 5.81. The third-order valence-corrected chi connectivity index (χ3v) is 1.20. The van der Waals surface area contributed by atoms with Crippen molar-refractivity contribution in [3.63, 3.8) is 0 Å². The number of Topliss-reactive ketones (excluding diaryl/α,β-unsaturated/α-hetero) is 1. The summed E-state index contributed by atoms with van der Waals surface area (Å²) in [6.45, 7) is -0.388. The topological polar surface area (TPSA) is 29.5 Å². The number of alkyl halides is 2. The lowest BCUT2D eigenvalue weighted by molar-refractivity contribution is -0.123. The van der Waals surface area contributed by atoms with Crippen LogP contribution >= 0.6 is 0 Å². The number of hydrogen-bond acceptors (Lipinski definition) is 3. The largest absolute Gasteiger partial charge is 0.377 e. The molecule has 0 heterocycles. The van der Waals surface area contributed by atoms with Crippen LogP contribution in [-0.2, 0) is 9.53 Å². The molecule has 0 aliphatic carbocycles. The van der Waals surface area contributed by atoms with Gasteiger partial charge in [0.15, 0.2) is 5.78 Å². The fourth-order valence-corrected chi connectivity index (χ4v) is 0.808. The van der Waals surface area contributed by atoms with Crippen LogP contribution in [0.2, 0.25) is 0 Å². The molecule has 0 aliphatic heterocycles. The van der Waals surface area contributed by atoms with Crippen molar-refractivity contribution in [3.05, 3.63) is 0 Å². The van der Waals surface area contributed by atoms with E-state index in [9.17, 15) is 13.6 Å². The average Bonchev–Trinajstić information content (AvgIpc) is 1.84. The van der Waals surface area contributed by atoms with Crippen molar-refractivity contribution in [2.45, 2.75) is 6.43 Å². The molecule has 0 radical (unpaired) electrons. The van der Waals surface area contributed by atoms with Crippen LogP contribution in [0.25, 0.3) is 0 Å². The smallest absolute Gasteiger partial charge is 0.251 e. The average molecular weight is 181 g/mol. The monoisotopic (exact) mass is 181 g/mol. The lowest BCUT2D eigenvalue weighted by atomic mass is 10.4. The zero-order valence-corrected chi connectivity index (χ0v) is 7.22. The maximum absolute atomic E-state index is 11.7. The molecule has 5 heteroatoms. The van der Waals surface area contributed by atoms with Crippen molar-refractivity contribution in [1.29, 1.82) is 0 Å². The predicted molar refractivity (Wildman–Crippen MR) is 40.4 cm³/mol. The molecule has 0 fully saturated rings. The number of ether oxygens (including phenoxy) is 1. The molecular weight excluding hydrogens is 168 g/mol. The van der Waals surface area contributed by atoms with Crippen LogP contribution in [0.5, 0.6) is 0 Å². The standard InChI is InChI=1S/C7H13F2NO2/c1-10(4-7(8)9)3-6(11)5-12-2/h7H,3-5H2,1-2H3. The summed E-state index contributed by atoms with van der Waals surface area (Å²) in [7, 11) is 2.87. The molecule has 0 bridgehead atoms. The fourth-order valence-electron chi connectivity index (χ4n) is 0.808. The van der Waals surface area contributed by atoms with E-state index in [4.69, 9.17) is 0 Å². The number of ketones is 1. The lowest BCUT2D eigenvalue weighted by Gasteiger charge is -2.14. The first kappa shape index (κ1) is 11.4. The normalized spacial score (nSPS) is 11.2. The second-order valence-corrected chi connectivity index (χ2v) is 2.56. The number of hydrogen-bond donors (Lipinski definition) is 0. The van der Waals surface area contributed by atoms with Gasteiger partial charge in [0.1, 0.15) is 6.61 Å². The summed E-state index contributed by atoms with van der Waals surface area (Å²) >= 11 is 0. The van der Waals surface area contributed by atoms with E-state index >= 15 is 0 Å². The van der Waals surface area contributed by atoms with Crippen LogP contribution in [0.3, 0.4) is 0 Å². The molecular formula is C7H13F2NO2. The molecule has 0 saturated carbocycles. The molecule has 0 amide bonds. The molecule has 72 valence electrons. The van der Waals surface area contributed by atoms with E-state index in [2.05, 4.69) is 4.74 Å². The lowest BCUT2D eigenvalue weighted by Crippen LogP contribution is -2.31. The summed E-state index contributed by atoms with van der Waals surface area (Å²) in [5.41, 5.74) is 0. The molecule has 0 aromatic carbocycles. The SMILES string of the molecule is COCC(=O)CN(C)CC(F)F. The van der Waals surface area contributed by atoms with Gasteiger partial charge in [-0.1, -0.05) is 0 Å². The summed E-state index contributed by atoms with van der Waals surface area (Å²) in [6.07, 6.45) is -2.40. The third kappa shape index (κ3) is 6.18. The van der Waals surface area contributed by atoms with Gasteiger partial charge in [0.25, 0.3) is 6.43 Å². The van der Waals surface area contributed by atoms with Crippen LogP contribution in [0, 0.1) is 0 Å². The van der Waals surface area contributed by atoms with Gasteiger partial charge < -0.3 is 4.74 Å². The summed E-state index contributed by atoms with van der Waals surface area (Å²) in [5.74, 6) is -0.194. The molecule has 0 spiro atoms. The molecule has 0 atom stereocenters. The zero-order valence-electron chi connectivity index (χ0n) is 7.22. The van der Waals surface area contributed by atoms with Crippen LogP contribution < -0.4 is 0 Å². The number of likely N-dealkylation sites (N-methyl/N-ethyl adjacent to an activating group) is 1. The van der Waals surface area contributed by atoms with Crippen molar-refractivity contribution < 1.29 is 18.3 Å². The minimum atomic E-state index is -2.40. The summed E-state index contributed by atoms with van der Waals surface area (Å²) in [6, 6.07) is 0. The van der Waals surface area contributed by atoms with Crippen molar-refractivity contribution in [2.24, 2.45) is 0 Å². The van der Waals surface area contributed by atoms with Crippen molar-refractivity contribution in [2.75, 3.05) is 33.9 Å². The van der Waals surface area contributed by atoms with Gasteiger partial charge in [-0.25, -0.2) is 8.78 Å². The van der Waals surface area contributed by atoms with E-state index in [0.29, 0.717) is 0 Å². The Kier molecular flexibility index (Phi) is 5.74. The predicted octanol–water partition coefficient (Wildman–Crippen LogP) is 0.399. The molecule has 0 saturated heterocycles. The fraction of sp³-hybridized carbons (Fsp3) is 0.857. The second kappa shape index (κ2) is 6.02. The van der Waals surface area contributed by atoms with Crippen LogP contribution in [-0.4, -0.2) is 51.0 Å². The molecule has 0 aliphatic rings. The Morgan fingerprint density at radius 1 is 1.58 bits per heavy atom. The first-order chi connectivity index (χ1) is 5.56. The molecule has 0 rings (SSSR count). The van der Waals surface area contributed by atoms with E-state index in [1.807, 2.05) is 0 Å². The van der Waals surface area contributed by atoms with Crippen molar-refractivity contribution in [3.8, 4) is 0 Å². The van der Waals surface area contributed by atoms with Gasteiger partial charge in [0.05, 0.1) is 13.1 Å². The van der Waals surface area contributed by atoms with E-state index in [-0.39, 0.29) is 25.5 Å². The van der Waals surface area contributed by atoms with E-state index in [1.165, 1.54) is 19.1 Å². The number of rotatable bonds is 6. The molecule has 0 aromatic heterocycles. The Morgan fingerprint density at radius 3 is 2.58 bits per heavy atom. The van der Waals surface area contributed by atoms with Gasteiger partial charge in [0, 0.05) is 7.11 Å². The summed E-state index contributed by atoms with van der Waals surface area (Å²) in [5, 5.41) is 0. The van der Waals surface area contributed by atoms with Crippen LogP contribution in [0.4, 0.5) is 8.78 Å². The van der Waals surface area contributed by atoms with E-state index in [0.717, 1.165) is 0 Å². The summed E-state index contributed by atoms with van der Waals surface area (Å²) < 4.78 is 28.0. The molecule has 0 unspecified atom stereocenters. The highest BCUT2D eigenvalue weighted by Crippen LogP contribution is 1.95. The highest BCUT2D eigenvalue weighted by atomic mass is 19.3. The summed E-state index contributed by atoms with van der Waals surface area (Å²) in [4.78, 5) is 12.1. The van der Waals surface area contributed by atoms with E-state index in [1.54, 1.807) is 0 Å².